The molecule has 0 bridgehead atoms. The number of nitrogens with two attached hydrogens (primary N) is 1. The zero-order valence-corrected chi connectivity index (χ0v) is 12.1. The third-order valence-corrected chi connectivity index (χ3v) is 4.62. The first-order chi connectivity index (χ1) is 9.50. The van der Waals surface area contributed by atoms with Crippen LogP contribution in [0.25, 0.3) is 10.2 Å². The number of hydrogen-bond donors (Lipinski definition) is 2. The van der Waals surface area contributed by atoms with E-state index in [4.69, 9.17) is 5.73 Å². The van der Waals surface area contributed by atoms with E-state index in [2.05, 4.69) is 10.3 Å². The number of thiazole rings is 1. The summed E-state index contributed by atoms with van der Waals surface area (Å²) >= 11 is 2.70. The molecule has 1 amide bonds. The molecule has 0 radical (unpaired) electrons. The van der Waals surface area contributed by atoms with Gasteiger partial charge in [0.15, 0.2) is 4.34 Å². The maximum absolute atomic E-state index is 12.9. The van der Waals surface area contributed by atoms with E-state index in [9.17, 15) is 13.6 Å². The Bertz CT molecular complexity index is 570. The molecule has 0 aliphatic rings. The molecular weight excluding hydrogens is 304 g/mol. The summed E-state index contributed by atoms with van der Waals surface area (Å²) in [7, 11) is 0. The predicted molar refractivity (Wildman–Crippen MR) is 77.4 cm³/mol. The number of halogens is 2. The first-order valence-electron chi connectivity index (χ1n) is 5.83. The number of amides is 1. The number of nitrogens with one attached hydrogen (secondary N) is 1. The van der Waals surface area contributed by atoms with Crippen LogP contribution >= 0.6 is 23.1 Å². The Hall–Kier alpha value is -1.25. The molecule has 2 rings (SSSR count). The van der Waals surface area contributed by atoms with Crippen LogP contribution in [0.15, 0.2) is 28.6 Å². The molecule has 0 unspecified atom stereocenters. The van der Waals surface area contributed by atoms with E-state index in [1.54, 1.807) is 0 Å². The van der Waals surface area contributed by atoms with Gasteiger partial charge in [0.2, 0.25) is 5.91 Å². The lowest BCUT2D eigenvalue weighted by atomic mass is 10.3. The molecule has 0 saturated heterocycles. The number of carbonyl (C=O) groups excluding carboxylic acids is 1. The van der Waals surface area contributed by atoms with Crippen LogP contribution in [0.3, 0.4) is 0 Å². The molecule has 1 aromatic heterocycles. The summed E-state index contributed by atoms with van der Waals surface area (Å²) in [6.07, 6.45) is 0. The van der Waals surface area contributed by atoms with Crippen LogP contribution in [0.2, 0.25) is 0 Å². The highest BCUT2D eigenvalue weighted by molar-refractivity contribution is 8.01. The molecule has 0 fully saturated rings. The summed E-state index contributed by atoms with van der Waals surface area (Å²) in [5, 5.41) is 2.16. The van der Waals surface area contributed by atoms with Crippen molar-refractivity contribution in [1.82, 2.24) is 10.3 Å². The van der Waals surface area contributed by atoms with Gasteiger partial charge in [-0.05, 0) is 12.1 Å². The number of thioether (sulfide) groups is 1. The number of rotatable bonds is 6. The number of aromatic nitrogens is 1. The zero-order chi connectivity index (χ0) is 14.6. The molecule has 4 nitrogen and oxygen atoms in total. The second-order valence-electron chi connectivity index (χ2n) is 4.07. The zero-order valence-electron chi connectivity index (χ0n) is 10.4. The topological polar surface area (TPSA) is 68.0 Å². The van der Waals surface area contributed by atoms with Crippen LogP contribution in [-0.2, 0) is 4.79 Å². The van der Waals surface area contributed by atoms with Crippen LogP contribution in [0.4, 0.5) is 8.78 Å². The van der Waals surface area contributed by atoms with Crippen LogP contribution in [0.1, 0.15) is 0 Å². The summed E-state index contributed by atoms with van der Waals surface area (Å²) in [4.78, 5) is 15.8. The van der Waals surface area contributed by atoms with Crippen molar-refractivity contribution in [3.63, 3.8) is 0 Å². The Kier molecular flexibility index (Phi) is 4.90. The van der Waals surface area contributed by atoms with Gasteiger partial charge >= 0.3 is 0 Å². The molecule has 0 spiro atoms. The van der Waals surface area contributed by atoms with E-state index in [0.717, 1.165) is 14.6 Å². The highest BCUT2D eigenvalue weighted by Crippen LogP contribution is 2.29. The van der Waals surface area contributed by atoms with Gasteiger partial charge in [-0.2, -0.15) is 0 Å². The van der Waals surface area contributed by atoms with Gasteiger partial charge in [0.1, 0.15) is 0 Å². The normalized spacial score (nSPS) is 11.8. The molecule has 3 N–H and O–H groups in total. The smallest absolute Gasteiger partial charge is 0.277 e. The summed E-state index contributed by atoms with van der Waals surface area (Å²) in [6.45, 7) is -1.51. The third kappa shape index (κ3) is 4.12. The van der Waals surface area contributed by atoms with E-state index >= 15 is 0 Å². The van der Waals surface area contributed by atoms with Crippen LogP contribution < -0.4 is 11.1 Å². The van der Waals surface area contributed by atoms with Gasteiger partial charge in [0, 0.05) is 0 Å². The van der Waals surface area contributed by atoms with Crippen molar-refractivity contribution in [3.8, 4) is 0 Å². The van der Waals surface area contributed by atoms with E-state index in [-0.39, 0.29) is 5.75 Å². The largest absolute Gasteiger partial charge is 0.349 e. The quantitative estimate of drug-likeness (QED) is 0.801. The fourth-order valence-corrected chi connectivity index (χ4v) is 3.29. The number of benzene rings is 1. The van der Waals surface area contributed by atoms with Gasteiger partial charge < -0.3 is 11.1 Å². The van der Waals surface area contributed by atoms with Gasteiger partial charge in [-0.25, -0.2) is 13.8 Å². The van der Waals surface area contributed by atoms with Crippen molar-refractivity contribution in [2.75, 3.05) is 18.8 Å². The molecular formula is C12H13F2N3OS2. The standard InChI is InChI=1S/C12H13F2N3OS2/c13-12(14,6-15)7-16-10(18)5-19-11-17-8-3-1-2-4-9(8)20-11/h1-4H,5-7,15H2,(H,16,18). The Labute approximate surface area is 122 Å². The van der Waals surface area contributed by atoms with E-state index < -0.39 is 24.9 Å². The Morgan fingerprint density at radius 1 is 1.45 bits per heavy atom. The first-order valence-corrected chi connectivity index (χ1v) is 7.63. The van der Waals surface area contributed by atoms with Crippen molar-refractivity contribution >= 4 is 39.2 Å². The monoisotopic (exact) mass is 317 g/mol. The average Bonchev–Trinajstić information content (AvgIpc) is 2.86. The summed E-state index contributed by atoms with van der Waals surface area (Å²) in [5.41, 5.74) is 5.76. The number of para-hydroxylation sites is 1. The molecule has 0 aliphatic heterocycles. The van der Waals surface area contributed by atoms with Crippen molar-refractivity contribution < 1.29 is 13.6 Å². The lowest BCUT2D eigenvalue weighted by Crippen LogP contribution is -2.42. The molecule has 0 saturated carbocycles. The van der Waals surface area contributed by atoms with Gasteiger partial charge in [-0.15, -0.1) is 11.3 Å². The summed E-state index contributed by atoms with van der Waals surface area (Å²) in [5.74, 6) is -3.46. The van der Waals surface area contributed by atoms with Crippen LogP contribution in [0.5, 0.6) is 0 Å². The molecule has 1 aromatic carbocycles. The average molecular weight is 317 g/mol. The fourth-order valence-electron chi connectivity index (χ4n) is 1.39. The number of carbonyl (C=O) groups is 1. The molecule has 108 valence electrons. The van der Waals surface area contributed by atoms with E-state index in [1.807, 2.05) is 24.3 Å². The number of alkyl halides is 2. The molecule has 2 aromatic rings. The second kappa shape index (κ2) is 6.47. The minimum atomic E-state index is -3.06. The van der Waals surface area contributed by atoms with Crippen LogP contribution in [-0.4, -0.2) is 35.7 Å². The minimum absolute atomic E-state index is 0.0560. The number of fused-ring (bicyclic) bond motifs is 1. The molecule has 20 heavy (non-hydrogen) atoms. The van der Waals surface area contributed by atoms with Gasteiger partial charge in [0.25, 0.3) is 5.92 Å². The third-order valence-electron chi connectivity index (χ3n) is 2.44. The first kappa shape index (κ1) is 15.1. The predicted octanol–water partition coefficient (Wildman–Crippen LogP) is 2.10. The van der Waals surface area contributed by atoms with Crippen molar-refractivity contribution in [2.24, 2.45) is 5.73 Å². The van der Waals surface area contributed by atoms with Gasteiger partial charge in [-0.1, -0.05) is 23.9 Å². The highest BCUT2D eigenvalue weighted by Gasteiger charge is 2.27. The Balaban J connectivity index is 1.84. The molecule has 1 heterocycles. The number of hydrogen-bond acceptors (Lipinski definition) is 5. The summed E-state index contributed by atoms with van der Waals surface area (Å²) < 4.78 is 27.5. The Morgan fingerprint density at radius 2 is 2.20 bits per heavy atom. The minimum Gasteiger partial charge on any atom is -0.349 e. The fraction of sp³-hybridized carbons (Fsp3) is 0.333. The maximum Gasteiger partial charge on any atom is 0.277 e. The maximum atomic E-state index is 12.9. The summed E-state index contributed by atoms with van der Waals surface area (Å²) in [6, 6.07) is 7.63. The van der Waals surface area contributed by atoms with E-state index in [1.165, 1.54) is 23.1 Å². The molecule has 0 aliphatic carbocycles. The second-order valence-corrected chi connectivity index (χ2v) is 6.33. The van der Waals surface area contributed by atoms with Crippen molar-refractivity contribution in [3.05, 3.63) is 24.3 Å². The molecule has 8 heteroatoms. The van der Waals surface area contributed by atoms with Gasteiger partial charge in [0.05, 0.1) is 29.1 Å². The number of nitrogens with zero attached hydrogens (tertiary/aromatic N) is 1. The van der Waals surface area contributed by atoms with Gasteiger partial charge in [-0.3, -0.25) is 4.79 Å². The Morgan fingerprint density at radius 3 is 2.90 bits per heavy atom. The highest BCUT2D eigenvalue weighted by atomic mass is 32.2. The lowest BCUT2D eigenvalue weighted by molar-refractivity contribution is -0.120. The van der Waals surface area contributed by atoms with E-state index in [0.29, 0.717) is 0 Å². The van der Waals surface area contributed by atoms with Crippen molar-refractivity contribution in [1.29, 1.82) is 0 Å². The van der Waals surface area contributed by atoms with Crippen molar-refractivity contribution in [2.45, 2.75) is 10.3 Å². The van der Waals surface area contributed by atoms with Crippen LogP contribution in [0, 0.1) is 0 Å². The lowest BCUT2D eigenvalue weighted by Gasteiger charge is -2.14. The SMILES string of the molecule is NCC(F)(F)CNC(=O)CSc1nc2ccccc2s1. The molecule has 0 atom stereocenters.